The summed E-state index contributed by atoms with van der Waals surface area (Å²) in [7, 11) is -2.68. The Labute approximate surface area is 140 Å². The van der Waals surface area contributed by atoms with Crippen molar-refractivity contribution in [3.05, 3.63) is 45.0 Å². The smallest absolute Gasteiger partial charge is 0.238 e. The minimum absolute atomic E-state index is 0.0498. The molecule has 2 aromatic carbocycles. The van der Waals surface area contributed by atoms with E-state index in [0.29, 0.717) is 11.3 Å². The van der Waals surface area contributed by atoms with Crippen LogP contribution in [-0.4, -0.2) is 15.5 Å². The molecule has 118 valence electrons. The fraction of sp³-hybridized carbons (Fsp3) is 0.143. The number of benzene rings is 2. The predicted octanol–water partition coefficient (Wildman–Crippen LogP) is 3.20. The van der Waals surface area contributed by atoms with Crippen LogP contribution in [0.5, 0.6) is 5.75 Å². The van der Waals surface area contributed by atoms with Gasteiger partial charge in [-0.05, 0) is 53.8 Å². The van der Waals surface area contributed by atoms with Gasteiger partial charge in [-0.1, -0.05) is 0 Å². The van der Waals surface area contributed by atoms with Crippen molar-refractivity contribution >= 4 is 32.6 Å². The summed E-state index contributed by atoms with van der Waals surface area (Å²) in [6, 6.07) is 4.94. The second-order valence-electron chi connectivity index (χ2n) is 4.53. The highest BCUT2D eigenvalue weighted by Gasteiger charge is 2.23. The first-order chi connectivity index (χ1) is 10.2. The van der Waals surface area contributed by atoms with E-state index in [0.717, 1.165) is 6.07 Å². The lowest BCUT2D eigenvalue weighted by Gasteiger charge is -2.16. The van der Waals surface area contributed by atoms with Crippen LogP contribution in [0, 0.1) is 22.1 Å². The number of ether oxygens (including phenoxy) is 1. The van der Waals surface area contributed by atoms with Gasteiger partial charge < -0.3 is 4.74 Å². The highest BCUT2D eigenvalue weighted by molar-refractivity contribution is 14.1. The minimum atomic E-state index is -4.09. The van der Waals surface area contributed by atoms with Crippen LogP contribution in [0.15, 0.2) is 29.2 Å². The maximum atomic E-state index is 14.4. The third-order valence-electron chi connectivity index (χ3n) is 3.21. The van der Waals surface area contributed by atoms with Crippen molar-refractivity contribution in [2.45, 2.75) is 11.8 Å². The van der Waals surface area contributed by atoms with Crippen molar-refractivity contribution in [2.24, 2.45) is 5.14 Å². The van der Waals surface area contributed by atoms with Crippen molar-refractivity contribution in [2.75, 3.05) is 7.11 Å². The number of halogens is 3. The summed E-state index contributed by atoms with van der Waals surface area (Å²) in [4.78, 5) is -0.243. The zero-order valence-electron chi connectivity index (χ0n) is 11.7. The summed E-state index contributed by atoms with van der Waals surface area (Å²) in [5, 5.41) is 5.21. The molecule has 0 heterocycles. The molecule has 0 atom stereocenters. The van der Waals surface area contributed by atoms with Gasteiger partial charge in [0, 0.05) is 16.7 Å². The Balaban J connectivity index is 2.93. The van der Waals surface area contributed by atoms with Gasteiger partial charge in [0.15, 0.2) is 0 Å². The van der Waals surface area contributed by atoms with E-state index in [2.05, 4.69) is 0 Å². The van der Waals surface area contributed by atoms with E-state index in [9.17, 15) is 17.2 Å². The molecule has 0 aromatic heterocycles. The van der Waals surface area contributed by atoms with Crippen molar-refractivity contribution in [1.29, 1.82) is 0 Å². The zero-order chi connectivity index (χ0) is 16.7. The van der Waals surface area contributed by atoms with Crippen LogP contribution in [0.4, 0.5) is 8.78 Å². The first-order valence-corrected chi connectivity index (χ1v) is 8.65. The number of primary sulfonamides is 1. The molecule has 22 heavy (non-hydrogen) atoms. The van der Waals surface area contributed by atoms with Crippen LogP contribution >= 0.6 is 22.6 Å². The molecule has 4 nitrogen and oxygen atoms in total. The predicted molar refractivity (Wildman–Crippen MR) is 87.2 cm³/mol. The number of methoxy groups -OCH3 is 1. The number of hydrogen-bond donors (Lipinski definition) is 1. The number of rotatable bonds is 3. The Kier molecular flexibility index (Phi) is 4.73. The van der Waals surface area contributed by atoms with Crippen molar-refractivity contribution < 1.29 is 21.9 Å². The molecule has 0 aliphatic heterocycles. The average molecular weight is 439 g/mol. The van der Waals surface area contributed by atoms with Gasteiger partial charge in [0.2, 0.25) is 10.0 Å². The molecular weight excluding hydrogens is 427 g/mol. The quantitative estimate of drug-likeness (QED) is 0.590. The molecule has 0 saturated heterocycles. The van der Waals surface area contributed by atoms with Gasteiger partial charge in [0.1, 0.15) is 17.4 Å². The highest BCUT2D eigenvalue weighted by Crippen LogP contribution is 2.38. The zero-order valence-corrected chi connectivity index (χ0v) is 14.6. The van der Waals surface area contributed by atoms with E-state index in [1.165, 1.54) is 47.9 Å². The fourth-order valence-electron chi connectivity index (χ4n) is 2.18. The SMILES string of the molecule is COc1ccc(S(N)(=O)=O)c(-c2ccc(F)c(I)c2F)c1C. The standard InChI is InChI=1S/C14H12F2INO3S/c1-7-10(21-2)5-6-11(22(18,19)20)12(7)8-3-4-9(15)14(17)13(8)16/h3-6H,1-2H3,(H2,18,19,20). The molecule has 0 spiro atoms. The molecule has 0 saturated carbocycles. The Morgan fingerprint density at radius 1 is 1.18 bits per heavy atom. The summed E-state index contributed by atoms with van der Waals surface area (Å²) >= 11 is 1.52. The molecule has 0 fully saturated rings. The van der Waals surface area contributed by atoms with Crippen LogP contribution in [0.2, 0.25) is 0 Å². The van der Waals surface area contributed by atoms with Gasteiger partial charge in [-0.2, -0.15) is 0 Å². The van der Waals surface area contributed by atoms with E-state index in [1.807, 2.05) is 0 Å². The first-order valence-electron chi connectivity index (χ1n) is 6.02. The summed E-state index contributed by atoms with van der Waals surface area (Å²) in [6.45, 7) is 1.58. The normalized spacial score (nSPS) is 11.5. The third kappa shape index (κ3) is 2.95. The van der Waals surface area contributed by atoms with Gasteiger partial charge in [0.05, 0.1) is 15.6 Å². The van der Waals surface area contributed by atoms with Crippen LogP contribution in [0.1, 0.15) is 5.56 Å². The maximum absolute atomic E-state index is 14.4. The van der Waals surface area contributed by atoms with Crippen LogP contribution < -0.4 is 9.88 Å². The monoisotopic (exact) mass is 439 g/mol. The number of hydrogen-bond acceptors (Lipinski definition) is 3. The second-order valence-corrected chi connectivity index (χ2v) is 7.14. The molecule has 0 unspecified atom stereocenters. The van der Waals surface area contributed by atoms with Gasteiger partial charge in [-0.3, -0.25) is 0 Å². The summed E-state index contributed by atoms with van der Waals surface area (Å²) in [5.74, 6) is -1.19. The van der Waals surface area contributed by atoms with Gasteiger partial charge in [-0.15, -0.1) is 0 Å². The van der Waals surface area contributed by atoms with E-state index in [-0.39, 0.29) is 19.6 Å². The third-order valence-corrected chi connectivity index (χ3v) is 5.15. The van der Waals surface area contributed by atoms with Gasteiger partial charge in [0.25, 0.3) is 0 Å². The second kappa shape index (κ2) is 6.09. The lowest BCUT2D eigenvalue weighted by Crippen LogP contribution is -2.14. The minimum Gasteiger partial charge on any atom is -0.496 e. The Bertz CT molecular complexity index is 854. The van der Waals surface area contributed by atoms with E-state index in [1.54, 1.807) is 6.92 Å². The molecule has 0 bridgehead atoms. The van der Waals surface area contributed by atoms with E-state index < -0.39 is 21.7 Å². The number of sulfonamides is 1. The molecule has 2 rings (SSSR count). The molecule has 0 aliphatic carbocycles. The van der Waals surface area contributed by atoms with Crippen LogP contribution in [0.3, 0.4) is 0 Å². The largest absolute Gasteiger partial charge is 0.496 e. The molecule has 8 heteroatoms. The summed E-state index contributed by atoms with van der Waals surface area (Å²) in [5.41, 5.74) is 0.416. The van der Waals surface area contributed by atoms with Crippen LogP contribution in [0.25, 0.3) is 11.1 Å². The Morgan fingerprint density at radius 2 is 1.82 bits per heavy atom. The lowest BCUT2D eigenvalue weighted by atomic mass is 9.99. The Morgan fingerprint density at radius 3 is 2.36 bits per heavy atom. The molecule has 0 radical (unpaired) electrons. The number of nitrogens with two attached hydrogens (primary N) is 1. The fourth-order valence-corrected chi connectivity index (χ4v) is 3.46. The summed E-state index contributed by atoms with van der Waals surface area (Å²) < 4.78 is 56.3. The lowest BCUT2D eigenvalue weighted by molar-refractivity contribution is 0.411. The van der Waals surface area contributed by atoms with Gasteiger partial charge in [-0.25, -0.2) is 22.3 Å². The van der Waals surface area contributed by atoms with E-state index >= 15 is 0 Å². The van der Waals surface area contributed by atoms with Gasteiger partial charge >= 0.3 is 0 Å². The van der Waals surface area contributed by atoms with Crippen molar-refractivity contribution in [1.82, 2.24) is 0 Å². The maximum Gasteiger partial charge on any atom is 0.238 e. The van der Waals surface area contributed by atoms with Crippen molar-refractivity contribution in [3.63, 3.8) is 0 Å². The molecule has 0 aliphatic rings. The average Bonchev–Trinajstić information content (AvgIpc) is 2.44. The summed E-state index contributed by atoms with van der Waals surface area (Å²) in [6.07, 6.45) is 0. The Hall–Kier alpha value is -1.26. The van der Waals surface area contributed by atoms with Crippen molar-refractivity contribution in [3.8, 4) is 16.9 Å². The first kappa shape index (κ1) is 17.1. The van der Waals surface area contributed by atoms with E-state index in [4.69, 9.17) is 9.88 Å². The molecular formula is C14H12F2INO3S. The molecule has 0 amide bonds. The highest BCUT2D eigenvalue weighted by atomic mass is 127. The molecule has 2 aromatic rings. The van der Waals surface area contributed by atoms with Crippen LogP contribution in [-0.2, 0) is 10.0 Å². The topological polar surface area (TPSA) is 69.4 Å². The molecule has 2 N–H and O–H groups in total.